The highest BCUT2D eigenvalue weighted by molar-refractivity contribution is 5.96. The van der Waals surface area contributed by atoms with E-state index in [0.29, 0.717) is 22.6 Å². The van der Waals surface area contributed by atoms with Crippen LogP contribution in [0.1, 0.15) is 0 Å². The van der Waals surface area contributed by atoms with E-state index in [1.165, 1.54) is 7.11 Å². The molecule has 5 nitrogen and oxygen atoms in total. The van der Waals surface area contributed by atoms with E-state index >= 15 is 0 Å². The van der Waals surface area contributed by atoms with E-state index in [1.54, 1.807) is 13.2 Å². The number of benzene rings is 3. The van der Waals surface area contributed by atoms with E-state index in [2.05, 4.69) is 4.74 Å². The zero-order valence-electron chi connectivity index (χ0n) is 13.3. The Morgan fingerprint density at radius 3 is 2.17 bits per heavy atom. The molecule has 0 spiro atoms. The highest BCUT2D eigenvalue weighted by atomic mass is 16.7. The van der Waals surface area contributed by atoms with E-state index in [-0.39, 0.29) is 5.75 Å². The van der Waals surface area contributed by atoms with Crippen molar-refractivity contribution in [2.45, 2.75) is 0 Å². The van der Waals surface area contributed by atoms with Gasteiger partial charge in [-0.3, -0.25) is 0 Å². The van der Waals surface area contributed by atoms with Crippen LogP contribution in [-0.2, 0) is 4.74 Å². The average molecular weight is 324 g/mol. The van der Waals surface area contributed by atoms with Crippen molar-refractivity contribution in [2.75, 3.05) is 14.2 Å². The molecule has 0 heterocycles. The monoisotopic (exact) mass is 324 g/mol. The minimum Gasteiger partial charge on any atom is -0.496 e. The molecular weight excluding hydrogens is 308 g/mol. The van der Waals surface area contributed by atoms with E-state index in [4.69, 9.17) is 14.2 Å². The Morgan fingerprint density at radius 2 is 1.50 bits per heavy atom. The minimum absolute atomic E-state index is 0.280. The molecule has 0 aromatic heterocycles. The van der Waals surface area contributed by atoms with Crippen molar-refractivity contribution < 1.29 is 23.7 Å². The Kier molecular flexibility index (Phi) is 4.52. The van der Waals surface area contributed by atoms with Crippen LogP contribution in [0.5, 0.6) is 23.0 Å². The normalized spacial score (nSPS) is 10.2. The molecule has 3 aromatic rings. The van der Waals surface area contributed by atoms with Gasteiger partial charge >= 0.3 is 6.16 Å². The SMILES string of the molecule is COC(=O)Oc1c(Oc2ccccc2)cc(OC)c2ccccc12. The highest BCUT2D eigenvalue weighted by Crippen LogP contribution is 2.43. The Morgan fingerprint density at radius 1 is 0.833 bits per heavy atom. The third kappa shape index (κ3) is 3.10. The molecule has 0 aliphatic heterocycles. The molecule has 122 valence electrons. The summed E-state index contributed by atoms with van der Waals surface area (Å²) in [7, 11) is 2.83. The molecule has 0 saturated carbocycles. The summed E-state index contributed by atoms with van der Waals surface area (Å²) in [6.45, 7) is 0. The Labute approximate surface area is 139 Å². The number of ether oxygens (including phenoxy) is 4. The van der Waals surface area contributed by atoms with Crippen molar-refractivity contribution >= 4 is 16.9 Å². The zero-order chi connectivity index (χ0) is 16.9. The van der Waals surface area contributed by atoms with Crippen molar-refractivity contribution in [2.24, 2.45) is 0 Å². The average Bonchev–Trinajstić information content (AvgIpc) is 2.64. The third-order valence-corrected chi connectivity index (χ3v) is 3.47. The lowest BCUT2D eigenvalue weighted by Gasteiger charge is -2.15. The molecule has 0 aliphatic carbocycles. The van der Waals surface area contributed by atoms with Gasteiger partial charge < -0.3 is 18.9 Å². The van der Waals surface area contributed by atoms with Gasteiger partial charge in [-0.1, -0.05) is 42.5 Å². The molecule has 0 aliphatic rings. The first-order valence-corrected chi connectivity index (χ1v) is 7.31. The zero-order valence-corrected chi connectivity index (χ0v) is 13.3. The van der Waals surface area contributed by atoms with Crippen LogP contribution in [0.2, 0.25) is 0 Å². The first-order valence-electron chi connectivity index (χ1n) is 7.31. The highest BCUT2D eigenvalue weighted by Gasteiger charge is 2.19. The van der Waals surface area contributed by atoms with Crippen LogP contribution in [0.15, 0.2) is 60.7 Å². The summed E-state index contributed by atoms with van der Waals surface area (Å²) >= 11 is 0. The van der Waals surface area contributed by atoms with Crippen LogP contribution >= 0.6 is 0 Å². The first-order chi connectivity index (χ1) is 11.7. The van der Waals surface area contributed by atoms with Gasteiger partial charge in [0.15, 0.2) is 11.5 Å². The molecule has 5 heteroatoms. The lowest BCUT2D eigenvalue weighted by molar-refractivity contribution is 0.121. The number of hydrogen-bond acceptors (Lipinski definition) is 5. The molecule has 3 aromatic carbocycles. The van der Waals surface area contributed by atoms with E-state index < -0.39 is 6.16 Å². The van der Waals surface area contributed by atoms with Crippen LogP contribution in [0.3, 0.4) is 0 Å². The molecule has 3 rings (SSSR count). The lowest BCUT2D eigenvalue weighted by atomic mass is 10.1. The maximum atomic E-state index is 11.7. The second kappa shape index (κ2) is 6.91. The van der Waals surface area contributed by atoms with Crippen molar-refractivity contribution in [1.82, 2.24) is 0 Å². The maximum absolute atomic E-state index is 11.7. The van der Waals surface area contributed by atoms with Crippen molar-refractivity contribution in [3.63, 3.8) is 0 Å². The van der Waals surface area contributed by atoms with E-state index in [1.807, 2.05) is 54.6 Å². The van der Waals surface area contributed by atoms with E-state index in [0.717, 1.165) is 5.39 Å². The van der Waals surface area contributed by atoms with Crippen molar-refractivity contribution in [3.8, 4) is 23.0 Å². The summed E-state index contributed by atoms with van der Waals surface area (Å²) in [5.41, 5.74) is 0. The van der Waals surface area contributed by atoms with Crippen LogP contribution in [0, 0.1) is 0 Å². The number of methoxy groups -OCH3 is 2. The lowest BCUT2D eigenvalue weighted by Crippen LogP contribution is -2.08. The third-order valence-electron chi connectivity index (χ3n) is 3.47. The quantitative estimate of drug-likeness (QED) is 0.510. The Bertz CT molecular complexity index is 858. The second-order valence-corrected chi connectivity index (χ2v) is 4.92. The van der Waals surface area contributed by atoms with Crippen LogP contribution in [0.25, 0.3) is 10.8 Å². The fourth-order valence-electron chi connectivity index (χ4n) is 2.38. The van der Waals surface area contributed by atoms with Gasteiger partial charge in [0.25, 0.3) is 0 Å². The number of rotatable bonds is 4. The number of carbonyl (C=O) groups excluding carboxylic acids is 1. The maximum Gasteiger partial charge on any atom is 0.513 e. The molecule has 24 heavy (non-hydrogen) atoms. The molecule has 0 atom stereocenters. The number of fused-ring (bicyclic) bond motifs is 1. The van der Waals surface area contributed by atoms with Crippen LogP contribution < -0.4 is 14.2 Å². The second-order valence-electron chi connectivity index (χ2n) is 4.92. The summed E-state index contributed by atoms with van der Waals surface area (Å²) in [5, 5.41) is 1.49. The molecule has 0 N–H and O–H groups in total. The van der Waals surface area contributed by atoms with Crippen LogP contribution in [0.4, 0.5) is 4.79 Å². The summed E-state index contributed by atoms with van der Waals surface area (Å²) in [5.74, 6) is 1.88. The van der Waals surface area contributed by atoms with Crippen molar-refractivity contribution in [3.05, 3.63) is 60.7 Å². The van der Waals surface area contributed by atoms with E-state index in [9.17, 15) is 4.79 Å². The van der Waals surface area contributed by atoms with Gasteiger partial charge in [-0.2, -0.15) is 0 Å². The predicted octanol–water partition coefficient (Wildman–Crippen LogP) is 4.79. The fraction of sp³-hybridized carbons (Fsp3) is 0.105. The summed E-state index contributed by atoms with van der Waals surface area (Å²) < 4.78 is 21.3. The van der Waals surface area contributed by atoms with Crippen LogP contribution in [-0.4, -0.2) is 20.4 Å². The van der Waals surface area contributed by atoms with Crippen molar-refractivity contribution in [1.29, 1.82) is 0 Å². The molecule has 0 unspecified atom stereocenters. The van der Waals surface area contributed by atoms with Gasteiger partial charge in [-0.25, -0.2) is 4.79 Å². The Hall–Kier alpha value is -3.21. The number of carbonyl (C=O) groups is 1. The number of para-hydroxylation sites is 1. The Balaban J connectivity index is 2.17. The largest absolute Gasteiger partial charge is 0.513 e. The van der Waals surface area contributed by atoms with Gasteiger partial charge in [0.05, 0.1) is 14.2 Å². The molecule has 0 bridgehead atoms. The minimum atomic E-state index is -0.816. The van der Waals surface area contributed by atoms with Gasteiger partial charge in [-0.15, -0.1) is 0 Å². The summed E-state index contributed by atoms with van der Waals surface area (Å²) in [6, 6.07) is 18.3. The molecule has 0 amide bonds. The summed E-state index contributed by atoms with van der Waals surface area (Å²) in [6.07, 6.45) is -0.816. The molecular formula is C19H16O5. The van der Waals surface area contributed by atoms with Gasteiger partial charge in [0.2, 0.25) is 0 Å². The van der Waals surface area contributed by atoms with Gasteiger partial charge in [-0.05, 0) is 12.1 Å². The first kappa shape index (κ1) is 15.7. The smallest absolute Gasteiger partial charge is 0.496 e. The predicted molar refractivity (Wildman–Crippen MR) is 90.0 cm³/mol. The number of hydrogen-bond donors (Lipinski definition) is 0. The summed E-state index contributed by atoms with van der Waals surface area (Å²) in [4.78, 5) is 11.7. The standard InChI is InChI=1S/C19H16O5/c1-21-16-12-17(23-13-8-4-3-5-9-13)18(24-19(20)22-2)15-11-7-6-10-14(15)16/h3-12H,1-2H3. The molecule has 0 radical (unpaired) electrons. The fourth-order valence-corrected chi connectivity index (χ4v) is 2.38. The molecule has 0 fully saturated rings. The van der Waals surface area contributed by atoms with Gasteiger partial charge in [0, 0.05) is 16.8 Å². The molecule has 0 saturated heterocycles. The van der Waals surface area contributed by atoms with Gasteiger partial charge in [0.1, 0.15) is 11.5 Å². The topological polar surface area (TPSA) is 54.0 Å².